The predicted molar refractivity (Wildman–Crippen MR) is 94.1 cm³/mol. The lowest BCUT2D eigenvalue weighted by Crippen LogP contribution is -2.43. The highest BCUT2D eigenvalue weighted by Gasteiger charge is 2.33. The molecule has 114 valence electrons. The van der Waals surface area contributed by atoms with Crippen molar-refractivity contribution in [2.45, 2.75) is 58.9 Å². The van der Waals surface area contributed by atoms with Gasteiger partial charge in [-0.1, -0.05) is 42.6 Å². The molecule has 0 aromatic carbocycles. The smallest absolute Gasteiger partial charge is 0.0331 e. The van der Waals surface area contributed by atoms with E-state index in [9.17, 15) is 0 Å². The highest BCUT2D eigenvalue weighted by Crippen LogP contribution is 2.39. The lowest BCUT2D eigenvalue weighted by molar-refractivity contribution is 0.108. The number of fused-ring (bicyclic) bond motifs is 1. The van der Waals surface area contributed by atoms with E-state index in [1.54, 1.807) is 10.4 Å². The summed E-state index contributed by atoms with van der Waals surface area (Å²) >= 11 is 5.76. The van der Waals surface area contributed by atoms with E-state index >= 15 is 0 Å². The summed E-state index contributed by atoms with van der Waals surface area (Å²) in [6.45, 7) is 9.52. The van der Waals surface area contributed by atoms with E-state index in [0.717, 1.165) is 5.33 Å². The van der Waals surface area contributed by atoms with Crippen LogP contribution < -0.4 is 0 Å². The van der Waals surface area contributed by atoms with E-state index < -0.39 is 0 Å². The van der Waals surface area contributed by atoms with Gasteiger partial charge in [0.25, 0.3) is 0 Å². The summed E-state index contributed by atoms with van der Waals surface area (Å²) in [5.41, 5.74) is 2.04. The Hall–Kier alpha value is 0.140. The van der Waals surface area contributed by atoms with Crippen LogP contribution in [0, 0.1) is 5.41 Å². The first-order valence-electron chi connectivity index (χ1n) is 8.02. The van der Waals surface area contributed by atoms with Crippen molar-refractivity contribution in [3.63, 3.8) is 0 Å². The Bertz CT molecular complexity index is 409. The summed E-state index contributed by atoms with van der Waals surface area (Å²) in [7, 11) is 0. The summed E-state index contributed by atoms with van der Waals surface area (Å²) in [4.78, 5) is 4.34. The Morgan fingerprint density at radius 2 is 2.05 bits per heavy atom. The first-order chi connectivity index (χ1) is 9.65. The van der Waals surface area contributed by atoms with Crippen molar-refractivity contribution in [3.05, 3.63) is 21.9 Å². The maximum Gasteiger partial charge on any atom is 0.0331 e. The molecule has 1 nitrogen and oxygen atoms in total. The van der Waals surface area contributed by atoms with Gasteiger partial charge in [0.1, 0.15) is 0 Å². The number of hydrogen-bond donors (Lipinski definition) is 0. The minimum Gasteiger partial charge on any atom is -0.296 e. The van der Waals surface area contributed by atoms with Gasteiger partial charge in [0.05, 0.1) is 0 Å². The lowest BCUT2D eigenvalue weighted by atomic mass is 9.80. The normalized spacial score (nSPS) is 20.1. The summed E-state index contributed by atoms with van der Waals surface area (Å²) in [6.07, 6.45) is 6.50. The summed E-state index contributed by atoms with van der Waals surface area (Å²) in [5, 5.41) is 3.40. The number of alkyl halides is 1. The molecule has 20 heavy (non-hydrogen) atoms. The predicted octanol–water partition coefficient (Wildman–Crippen LogP) is 5.65. The molecule has 0 radical (unpaired) electrons. The first-order valence-corrected chi connectivity index (χ1v) is 10.0. The van der Waals surface area contributed by atoms with E-state index in [2.05, 4.69) is 53.0 Å². The quantitative estimate of drug-likeness (QED) is 0.570. The van der Waals surface area contributed by atoms with Crippen molar-refractivity contribution in [3.8, 4) is 0 Å². The van der Waals surface area contributed by atoms with Crippen LogP contribution in [0.3, 0.4) is 0 Å². The van der Waals surface area contributed by atoms with Crippen LogP contribution in [-0.4, -0.2) is 23.3 Å². The van der Waals surface area contributed by atoms with Gasteiger partial charge in [-0.3, -0.25) is 4.90 Å². The second kappa shape index (κ2) is 7.42. The topological polar surface area (TPSA) is 3.24 Å². The highest BCUT2D eigenvalue weighted by atomic mass is 79.9. The molecular weight excluding hydrogens is 330 g/mol. The van der Waals surface area contributed by atoms with Crippen LogP contribution in [0.5, 0.6) is 0 Å². The maximum absolute atomic E-state index is 3.82. The summed E-state index contributed by atoms with van der Waals surface area (Å²) < 4.78 is 0. The van der Waals surface area contributed by atoms with Crippen LogP contribution in [-0.2, 0) is 6.42 Å². The Morgan fingerprint density at radius 3 is 2.65 bits per heavy atom. The van der Waals surface area contributed by atoms with Gasteiger partial charge in [-0.15, -0.1) is 11.3 Å². The Morgan fingerprint density at radius 1 is 1.35 bits per heavy atom. The van der Waals surface area contributed by atoms with Gasteiger partial charge < -0.3 is 0 Å². The van der Waals surface area contributed by atoms with Crippen molar-refractivity contribution < 1.29 is 0 Å². The number of hydrogen-bond acceptors (Lipinski definition) is 2. The van der Waals surface area contributed by atoms with Gasteiger partial charge in [-0.25, -0.2) is 0 Å². The second-order valence-electron chi connectivity index (χ2n) is 6.33. The molecule has 1 aromatic heterocycles. The van der Waals surface area contributed by atoms with E-state index in [1.807, 2.05) is 11.3 Å². The Balaban J connectivity index is 2.11. The molecule has 1 aliphatic rings. The van der Waals surface area contributed by atoms with E-state index in [4.69, 9.17) is 0 Å². The van der Waals surface area contributed by atoms with E-state index in [1.165, 1.54) is 45.2 Å². The summed E-state index contributed by atoms with van der Waals surface area (Å²) in [6, 6.07) is 2.93. The minimum absolute atomic E-state index is 0.464. The van der Waals surface area contributed by atoms with Crippen molar-refractivity contribution in [1.29, 1.82) is 0 Å². The number of halogens is 1. The summed E-state index contributed by atoms with van der Waals surface area (Å²) in [5.74, 6) is 0. The number of nitrogens with zero attached hydrogens (tertiary/aromatic N) is 1. The van der Waals surface area contributed by atoms with Gasteiger partial charge in [0.2, 0.25) is 0 Å². The fourth-order valence-electron chi connectivity index (χ4n) is 3.73. The van der Waals surface area contributed by atoms with Gasteiger partial charge in [-0.2, -0.15) is 0 Å². The molecule has 0 amide bonds. The van der Waals surface area contributed by atoms with Crippen LogP contribution in [0.1, 0.15) is 62.9 Å². The molecule has 1 aromatic rings. The minimum atomic E-state index is 0.464. The van der Waals surface area contributed by atoms with E-state index in [0.29, 0.717) is 11.5 Å². The lowest BCUT2D eigenvalue weighted by Gasteiger charge is -2.42. The third kappa shape index (κ3) is 3.48. The molecule has 0 fully saturated rings. The maximum atomic E-state index is 3.82. The molecule has 1 atom stereocenters. The van der Waals surface area contributed by atoms with Crippen LogP contribution in [0.15, 0.2) is 11.4 Å². The monoisotopic (exact) mass is 357 g/mol. The van der Waals surface area contributed by atoms with Gasteiger partial charge >= 0.3 is 0 Å². The molecule has 0 bridgehead atoms. The molecule has 1 unspecified atom stereocenters. The standard InChI is InChI=1S/C17H28BrNS/c1-4-8-17(12-18,9-5-2)13-19-10-6-16-15(14(19)3)7-11-20-16/h7,11,14H,4-6,8-10,12-13H2,1-3H3. The van der Waals surface area contributed by atoms with Gasteiger partial charge in [0.15, 0.2) is 0 Å². The van der Waals surface area contributed by atoms with E-state index in [-0.39, 0.29) is 0 Å². The average molecular weight is 358 g/mol. The van der Waals surface area contributed by atoms with Crippen molar-refractivity contribution in [2.75, 3.05) is 18.4 Å². The second-order valence-corrected chi connectivity index (χ2v) is 7.89. The SMILES string of the molecule is CCCC(CBr)(CCC)CN1CCc2sccc2C1C. The molecule has 2 heterocycles. The van der Waals surface area contributed by atoms with Crippen molar-refractivity contribution >= 4 is 27.3 Å². The molecule has 0 spiro atoms. The molecule has 3 heteroatoms. The molecule has 0 N–H and O–H groups in total. The Kier molecular flexibility index (Phi) is 6.12. The largest absolute Gasteiger partial charge is 0.296 e. The zero-order chi connectivity index (χ0) is 14.6. The molecule has 0 saturated carbocycles. The van der Waals surface area contributed by atoms with Crippen molar-refractivity contribution in [2.24, 2.45) is 5.41 Å². The van der Waals surface area contributed by atoms with Crippen molar-refractivity contribution in [1.82, 2.24) is 4.90 Å². The zero-order valence-electron chi connectivity index (χ0n) is 13.1. The molecule has 2 rings (SSSR count). The van der Waals surface area contributed by atoms with Crippen LogP contribution >= 0.6 is 27.3 Å². The van der Waals surface area contributed by atoms with Crippen LogP contribution in [0.4, 0.5) is 0 Å². The molecule has 1 aliphatic heterocycles. The number of thiophene rings is 1. The fraction of sp³-hybridized carbons (Fsp3) is 0.765. The fourth-order valence-corrected chi connectivity index (χ4v) is 5.43. The van der Waals surface area contributed by atoms with Gasteiger partial charge in [0, 0.05) is 29.3 Å². The number of rotatable bonds is 7. The Labute approximate surface area is 136 Å². The van der Waals surface area contributed by atoms with Crippen LogP contribution in [0.2, 0.25) is 0 Å². The highest BCUT2D eigenvalue weighted by molar-refractivity contribution is 9.09. The van der Waals surface area contributed by atoms with Crippen LogP contribution in [0.25, 0.3) is 0 Å². The van der Waals surface area contributed by atoms with Gasteiger partial charge in [-0.05, 0) is 48.6 Å². The zero-order valence-corrected chi connectivity index (χ0v) is 15.5. The molecule has 0 aliphatic carbocycles. The molecule has 0 saturated heterocycles. The molecular formula is C17H28BrNS. The third-order valence-electron chi connectivity index (χ3n) is 4.79. The average Bonchev–Trinajstić information content (AvgIpc) is 2.91. The third-order valence-corrected chi connectivity index (χ3v) is 6.97. The first kappa shape index (κ1) is 16.5.